The highest BCUT2D eigenvalue weighted by molar-refractivity contribution is 6.05. The molecule has 2 amide bonds. The highest BCUT2D eigenvalue weighted by atomic mass is 19.1. The van der Waals surface area contributed by atoms with Gasteiger partial charge in [0, 0.05) is 24.1 Å². The maximum atomic E-state index is 13.2. The molecule has 0 saturated carbocycles. The number of fused-ring (bicyclic) bond motifs is 1. The Balaban J connectivity index is 1.74. The number of benzene rings is 1. The molecule has 3 N–H and O–H groups in total. The predicted octanol–water partition coefficient (Wildman–Crippen LogP) is 1.50. The minimum Gasteiger partial charge on any atom is -0.358 e. The van der Waals surface area contributed by atoms with Crippen LogP contribution in [0.4, 0.5) is 10.1 Å². The maximum absolute atomic E-state index is 13.2. The SMILES string of the molecule is CNC(=O)Cn1cc(NC(=O)c2cc3cc(F)ccc3[nH]2)cn1. The number of H-pyrrole nitrogens is 1. The fraction of sp³-hybridized carbons (Fsp3) is 0.133. The topological polar surface area (TPSA) is 91.8 Å². The third-order valence-electron chi connectivity index (χ3n) is 3.30. The molecule has 0 bridgehead atoms. The molecule has 7 nitrogen and oxygen atoms in total. The van der Waals surface area contributed by atoms with Crippen molar-refractivity contribution in [3.05, 3.63) is 48.2 Å². The number of hydrogen-bond acceptors (Lipinski definition) is 3. The average molecular weight is 315 g/mol. The summed E-state index contributed by atoms with van der Waals surface area (Å²) in [5, 5.41) is 9.76. The first-order valence-corrected chi connectivity index (χ1v) is 6.88. The van der Waals surface area contributed by atoms with Gasteiger partial charge in [-0.3, -0.25) is 14.3 Å². The van der Waals surface area contributed by atoms with Crippen molar-refractivity contribution in [1.29, 1.82) is 0 Å². The Morgan fingerprint density at radius 3 is 2.96 bits per heavy atom. The zero-order valence-corrected chi connectivity index (χ0v) is 12.3. The van der Waals surface area contributed by atoms with Crippen molar-refractivity contribution in [3.8, 4) is 0 Å². The van der Waals surface area contributed by atoms with Gasteiger partial charge in [-0.25, -0.2) is 4.39 Å². The highest BCUT2D eigenvalue weighted by Crippen LogP contribution is 2.17. The van der Waals surface area contributed by atoms with Crippen LogP contribution >= 0.6 is 0 Å². The molecule has 0 atom stereocenters. The quantitative estimate of drug-likeness (QED) is 0.681. The van der Waals surface area contributed by atoms with Crippen LogP contribution < -0.4 is 10.6 Å². The lowest BCUT2D eigenvalue weighted by atomic mass is 10.2. The molecular weight excluding hydrogens is 301 g/mol. The Morgan fingerprint density at radius 2 is 2.17 bits per heavy atom. The zero-order valence-electron chi connectivity index (χ0n) is 12.3. The van der Waals surface area contributed by atoms with Gasteiger partial charge in [-0.15, -0.1) is 0 Å². The summed E-state index contributed by atoms with van der Waals surface area (Å²) in [7, 11) is 1.53. The van der Waals surface area contributed by atoms with Gasteiger partial charge >= 0.3 is 0 Å². The van der Waals surface area contributed by atoms with E-state index in [1.54, 1.807) is 18.3 Å². The van der Waals surface area contributed by atoms with Crippen LogP contribution in [0.3, 0.4) is 0 Å². The third kappa shape index (κ3) is 3.20. The summed E-state index contributed by atoms with van der Waals surface area (Å²) in [6.45, 7) is 0.0675. The zero-order chi connectivity index (χ0) is 16.4. The Kier molecular flexibility index (Phi) is 3.80. The standard InChI is InChI=1S/C15H14FN5O2/c1-17-14(22)8-21-7-11(6-18-21)19-15(23)13-5-9-4-10(16)2-3-12(9)20-13/h2-7,20H,8H2,1H3,(H,17,22)(H,19,23). The number of likely N-dealkylation sites (N-methyl/N-ethyl adjacent to an activating group) is 1. The summed E-state index contributed by atoms with van der Waals surface area (Å²) in [5.74, 6) is -0.927. The van der Waals surface area contributed by atoms with E-state index < -0.39 is 0 Å². The Bertz CT molecular complexity index is 883. The van der Waals surface area contributed by atoms with Crippen molar-refractivity contribution in [2.45, 2.75) is 6.54 Å². The molecule has 0 aliphatic heterocycles. The van der Waals surface area contributed by atoms with Gasteiger partial charge in [0.1, 0.15) is 18.1 Å². The van der Waals surface area contributed by atoms with Gasteiger partial charge in [0.25, 0.3) is 5.91 Å². The molecule has 0 spiro atoms. The van der Waals surface area contributed by atoms with E-state index in [9.17, 15) is 14.0 Å². The summed E-state index contributed by atoms with van der Waals surface area (Å²) < 4.78 is 14.6. The fourth-order valence-corrected chi connectivity index (χ4v) is 2.17. The number of carbonyl (C=O) groups is 2. The van der Waals surface area contributed by atoms with Crippen molar-refractivity contribution in [2.75, 3.05) is 12.4 Å². The van der Waals surface area contributed by atoms with Crippen molar-refractivity contribution < 1.29 is 14.0 Å². The fourth-order valence-electron chi connectivity index (χ4n) is 2.17. The maximum Gasteiger partial charge on any atom is 0.272 e. The van der Waals surface area contributed by atoms with E-state index in [1.807, 2.05) is 0 Å². The predicted molar refractivity (Wildman–Crippen MR) is 82.5 cm³/mol. The van der Waals surface area contributed by atoms with E-state index >= 15 is 0 Å². The molecule has 0 fully saturated rings. The lowest BCUT2D eigenvalue weighted by Gasteiger charge is -2.00. The largest absolute Gasteiger partial charge is 0.358 e. The van der Waals surface area contributed by atoms with Crippen LogP contribution in [-0.4, -0.2) is 33.6 Å². The molecule has 0 aliphatic rings. The number of halogens is 1. The lowest BCUT2D eigenvalue weighted by Crippen LogP contribution is -2.23. The van der Waals surface area contributed by atoms with Crippen molar-refractivity contribution >= 4 is 28.4 Å². The van der Waals surface area contributed by atoms with Gasteiger partial charge in [-0.1, -0.05) is 0 Å². The molecule has 2 aromatic heterocycles. The summed E-state index contributed by atoms with van der Waals surface area (Å²) in [6.07, 6.45) is 3.00. The van der Waals surface area contributed by atoms with Gasteiger partial charge in [-0.05, 0) is 24.3 Å². The van der Waals surface area contributed by atoms with Crippen LogP contribution in [0.1, 0.15) is 10.5 Å². The van der Waals surface area contributed by atoms with Crippen molar-refractivity contribution in [3.63, 3.8) is 0 Å². The molecule has 0 saturated heterocycles. The molecule has 8 heteroatoms. The number of amides is 2. The highest BCUT2D eigenvalue weighted by Gasteiger charge is 2.12. The van der Waals surface area contributed by atoms with Crippen molar-refractivity contribution in [1.82, 2.24) is 20.1 Å². The van der Waals surface area contributed by atoms with Crippen LogP contribution in [0.5, 0.6) is 0 Å². The van der Waals surface area contributed by atoms with Gasteiger partial charge in [0.2, 0.25) is 5.91 Å². The first-order chi connectivity index (χ1) is 11.0. The molecule has 3 aromatic rings. The smallest absolute Gasteiger partial charge is 0.272 e. The van der Waals surface area contributed by atoms with E-state index in [4.69, 9.17) is 0 Å². The number of aromatic nitrogens is 3. The number of nitrogens with one attached hydrogen (secondary N) is 3. The van der Waals surface area contributed by atoms with Gasteiger partial charge < -0.3 is 15.6 Å². The molecule has 3 rings (SSSR count). The number of carbonyl (C=O) groups excluding carboxylic acids is 2. The summed E-state index contributed by atoms with van der Waals surface area (Å²) in [6, 6.07) is 5.82. The second-order valence-corrected chi connectivity index (χ2v) is 4.97. The Labute approximate surface area is 130 Å². The molecule has 2 heterocycles. The Hall–Kier alpha value is -3.16. The van der Waals surface area contributed by atoms with Crippen LogP contribution in [0, 0.1) is 5.82 Å². The van der Waals surface area contributed by atoms with E-state index in [0.717, 1.165) is 0 Å². The summed E-state index contributed by atoms with van der Waals surface area (Å²) >= 11 is 0. The van der Waals surface area contributed by atoms with Crippen LogP contribution in [-0.2, 0) is 11.3 Å². The molecule has 118 valence electrons. The average Bonchev–Trinajstić information content (AvgIpc) is 3.13. The van der Waals surface area contributed by atoms with Gasteiger partial charge in [-0.2, -0.15) is 5.10 Å². The van der Waals surface area contributed by atoms with Crippen LogP contribution in [0.15, 0.2) is 36.7 Å². The number of rotatable bonds is 4. The minimum absolute atomic E-state index is 0.0675. The molecular formula is C15H14FN5O2. The number of anilines is 1. The summed E-state index contributed by atoms with van der Waals surface area (Å²) in [4.78, 5) is 26.4. The van der Waals surface area contributed by atoms with Crippen molar-refractivity contribution in [2.24, 2.45) is 0 Å². The van der Waals surface area contributed by atoms with E-state index in [0.29, 0.717) is 22.3 Å². The second kappa shape index (κ2) is 5.91. The van der Waals surface area contributed by atoms with E-state index in [1.165, 1.54) is 30.1 Å². The third-order valence-corrected chi connectivity index (χ3v) is 3.30. The van der Waals surface area contributed by atoms with Gasteiger partial charge in [0.05, 0.1) is 11.9 Å². The first kappa shape index (κ1) is 14.8. The molecule has 0 radical (unpaired) electrons. The number of aromatic amines is 1. The van der Waals surface area contributed by atoms with E-state index in [2.05, 4.69) is 20.7 Å². The second-order valence-electron chi connectivity index (χ2n) is 4.97. The minimum atomic E-state index is -0.374. The van der Waals surface area contributed by atoms with E-state index in [-0.39, 0.29) is 24.2 Å². The first-order valence-electron chi connectivity index (χ1n) is 6.88. The lowest BCUT2D eigenvalue weighted by molar-refractivity contribution is -0.121. The monoisotopic (exact) mass is 315 g/mol. The molecule has 1 aromatic carbocycles. The summed E-state index contributed by atoms with van der Waals surface area (Å²) in [5.41, 5.74) is 1.44. The number of hydrogen-bond donors (Lipinski definition) is 3. The molecule has 23 heavy (non-hydrogen) atoms. The van der Waals surface area contributed by atoms with Crippen LogP contribution in [0.2, 0.25) is 0 Å². The van der Waals surface area contributed by atoms with Gasteiger partial charge in [0.15, 0.2) is 0 Å². The van der Waals surface area contributed by atoms with Crippen LogP contribution in [0.25, 0.3) is 10.9 Å². The molecule has 0 unspecified atom stereocenters. The Morgan fingerprint density at radius 1 is 1.35 bits per heavy atom. The number of nitrogens with zero attached hydrogens (tertiary/aromatic N) is 2. The molecule has 0 aliphatic carbocycles. The normalized spacial score (nSPS) is 10.7.